The molecule has 2 aromatic rings. The van der Waals surface area contributed by atoms with Crippen molar-refractivity contribution in [2.24, 2.45) is 0 Å². The van der Waals surface area contributed by atoms with Crippen LogP contribution >= 0.6 is 0 Å². The molecule has 2 aliphatic heterocycles. The van der Waals surface area contributed by atoms with Crippen molar-refractivity contribution in [1.82, 2.24) is 4.90 Å². The Labute approximate surface area is 165 Å². The molecule has 1 atom stereocenters. The number of carbonyl (C=O) groups is 1. The lowest BCUT2D eigenvalue weighted by Gasteiger charge is -2.33. The largest absolute Gasteiger partial charge is 0.507 e. The Balaban J connectivity index is 1.63. The number of benzene rings is 2. The zero-order chi connectivity index (χ0) is 19.7. The lowest BCUT2D eigenvalue weighted by atomic mass is 10.0. The third-order valence-electron chi connectivity index (χ3n) is 5.63. The average Bonchev–Trinajstić information content (AvgIpc) is 3.02. The van der Waals surface area contributed by atoms with E-state index in [0.29, 0.717) is 29.5 Å². The van der Waals surface area contributed by atoms with Crippen LogP contribution in [0, 0.1) is 0 Å². The van der Waals surface area contributed by atoms with Crippen molar-refractivity contribution in [3.8, 4) is 17.2 Å². The van der Waals surface area contributed by atoms with Crippen molar-refractivity contribution >= 4 is 11.9 Å². The Morgan fingerprint density at radius 1 is 1.21 bits per heavy atom. The molecule has 0 aromatic heterocycles. The van der Waals surface area contributed by atoms with E-state index in [2.05, 4.69) is 11.8 Å². The molecule has 0 bridgehead atoms. The van der Waals surface area contributed by atoms with Crippen molar-refractivity contribution in [3.05, 3.63) is 58.8 Å². The van der Waals surface area contributed by atoms with E-state index in [1.165, 1.54) is 6.42 Å². The van der Waals surface area contributed by atoms with E-state index in [1.54, 1.807) is 25.3 Å². The van der Waals surface area contributed by atoms with Crippen LogP contribution in [0.3, 0.4) is 0 Å². The molecule has 2 aliphatic rings. The van der Waals surface area contributed by atoms with Gasteiger partial charge < -0.3 is 14.6 Å². The zero-order valence-corrected chi connectivity index (χ0v) is 16.3. The number of piperidine rings is 1. The number of hydrogen-bond donors (Lipinski definition) is 1. The lowest BCUT2D eigenvalue weighted by Crippen LogP contribution is -2.36. The highest BCUT2D eigenvalue weighted by molar-refractivity contribution is 6.15. The molecule has 0 saturated carbocycles. The quantitative estimate of drug-likeness (QED) is 0.799. The minimum Gasteiger partial charge on any atom is -0.507 e. The van der Waals surface area contributed by atoms with E-state index in [-0.39, 0.29) is 17.3 Å². The summed E-state index contributed by atoms with van der Waals surface area (Å²) in [6, 6.07) is 11.1. The monoisotopic (exact) mass is 379 g/mol. The van der Waals surface area contributed by atoms with Crippen molar-refractivity contribution in [2.75, 3.05) is 13.7 Å². The van der Waals surface area contributed by atoms with Gasteiger partial charge in [0.1, 0.15) is 17.2 Å². The van der Waals surface area contributed by atoms with E-state index in [9.17, 15) is 9.90 Å². The Hall–Kier alpha value is -2.79. The van der Waals surface area contributed by atoms with Crippen LogP contribution in [0.2, 0.25) is 0 Å². The lowest BCUT2D eigenvalue weighted by molar-refractivity contribution is 0.101. The molecule has 5 nitrogen and oxygen atoms in total. The summed E-state index contributed by atoms with van der Waals surface area (Å²) >= 11 is 0. The normalized spacial score (nSPS) is 20.9. The van der Waals surface area contributed by atoms with Gasteiger partial charge in [0.05, 0.1) is 18.2 Å². The molecule has 4 rings (SSSR count). The van der Waals surface area contributed by atoms with Crippen molar-refractivity contribution in [2.45, 2.75) is 38.8 Å². The predicted molar refractivity (Wildman–Crippen MR) is 108 cm³/mol. The number of ketones is 1. The van der Waals surface area contributed by atoms with Gasteiger partial charge in [-0.2, -0.15) is 0 Å². The van der Waals surface area contributed by atoms with Gasteiger partial charge in [-0.15, -0.1) is 0 Å². The molecule has 2 aromatic carbocycles. The summed E-state index contributed by atoms with van der Waals surface area (Å²) in [5.74, 6) is 1.54. The second-order valence-corrected chi connectivity index (χ2v) is 7.47. The highest BCUT2D eigenvalue weighted by Gasteiger charge is 2.32. The van der Waals surface area contributed by atoms with Gasteiger partial charge in [0.25, 0.3) is 0 Å². The minimum absolute atomic E-state index is 0.154. The minimum atomic E-state index is -0.154. The highest BCUT2D eigenvalue weighted by atomic mass is 16.5. The van der Waals surface area contributed by atoms with Gasteiger partial charge >= 0.3 is 0 Å². The topological polar surface area (TPSA) is 59.0 Å². The Bertz CT molecular complexity index is 917. The number of likely N-dealkylation sites (tertiary alicyclic amines) is 1. The molecule has 0 radical (unpaired) electrons. The molecule has 2 heterocycles. The van der Waals surface area contributed by atoms with Gasteiger partial charge in [0.15, 0.2) is 5.76 Å². The second kappa shape index (κ2) is 7.68. The van der Waals surface area contributed by atoms with Gasteiger partial charge in [0.2, 0.25) is 5.78 Å². The SMILES string of the molecule is COc1ccc(/C=C2\Oc3c(ccc(O)c3CN3CCCCC3C)C2=O)cc1. The summed E-state index contributed by atoms with van der Waals surface area (Å²) in [4.78, 5) is 15.2. The summed E-state index contributed by atoms with van der Waals surface area (Å²) in [5, 5.41) is 10.5. The van der Waals surface area contributed by atoms with Crippen molar-refractivity contribution in [1.29, 1.82) is 0 Å². The van der Waals surface area contributed by atoms with Gasteiger partial charge in [0, 0.05) is 12.6 Å². The number of carbonyl (C=O) groups excluding carboxylic acids is 1. The molecule has 146 valence electrons. The van der Waals surface area contributed by atoms with Crippen LogP contribution in [-0.2, 0) is 6.54 Å². The fourth-order valence-electron chi connectivity index (χ4n) is 3.90. The first-order valence-electron chi connectivity index (χ1n) is 9.74. The number of Topliss-reactive ketones (excluding diaryl/α,β-unsaturated/α-hetero) is 1. The average molecular weight is 379 g/mol. The number of allylic oxidation sites excluding steroid dienone is 1. The maximum absolute atomic E-state index is 12.8. The third kappa shape index (κ3) is 3.50. The molecule has 5 heteroatoms. The molecule has 0 spiro atoms. The summed E-state index contributed by atoms with van der Waals surface area (Å²) in [5.41, 5.74) is 2.06. The van der Waals surface area contributed by atoms with E-state index in [0.717, 1.165) is 30.7 Å². The number of rotatable bonds is 4. The fraction of sp³-hybridized carbons (Fsp3) is 0.348. The summed E-state index contributed by atoms with van der Waals surface area (Å²) in [6.45, 7) is 3.78. The number of nitrogens with zero attached hydrogens (tertiary/aromatic N) is 1. The van der Waals surface area contributed by atoms with E-state index >= 15 is 0 Å². The predicted octanol–water partition coefficient (Wildman–Crippen LogP) is 4.39. The van der Waals surface area contributed by atoms with Gasteiger partial charge in [-0.3, -0.25) is 9.69 Å². The summed E-state index contributed by atoms with van der Waals surface area (Å²) in [6.07, 6.45) is 5.27. The number of hydrogen-bond acceptors (Lipinski definition) is 5. The van der Waals surface area contributed by atoms with Crippen LogP contribution < -0.4 is 9.47 Å². The molecule has 1 unspecified atom stereocenters. The number of methoxy groups -OCH3 is 1. The summed E-state index contributed by atoms with van der Waals surface area (Å²) < 4.78 is 11.1. The van der Waals surface area contributed by atoms with Crippen LogP contribution in [-0.4, -0.2) is 35.5 Å². The Kier molecular flexibility index (Phi) is 5.09. The van der Waals surface area contributed by atoms with Crippen LogP contribution in [0.5, 0.6) is 17.2 Å². The van der Waals surface area contributed by atoms with Gasteiger partial charge in [-0.05, 0) is 62.2 Å². The van der Waals surface area contributed by atoms with E-state index in [4.69, 9.17) is 9.47 Å². The molecule has 1 saturated heterocycles. The van der Waals surface area contributed by atoms with Crippen LogP contribution in [0.25, 0.3) is 6.08 Å². The summed E-state index contributed by atoms with van der Waals surface area (Å²) in [7, 11) is 1.62. The number of phenols is 1. The molecule has 0 aliphatic carbocycles. The first-order valence-corrected chi connectivity index (χ1v) is 9.74. The zero-order valence-electron chi connectivity index (χ0n) is 16.3. The van der Waals surface area contributed by atoms with Gasteiger partial charge in [-0.1, -0.05) is 18.6 Å². The number of aromatic hydroxyl groups is 1. The maximum Gasteiger partial charge on any atom is 0.231 e. The fourth-order valence-corrected chi connectivity index (χ4v) is 3.90. The highest BCUT2D eigenvalue weighted by Crippen LogP contribution is 2.40. The van der Waals surface area contributed by atoms with E-state index < -0.39 is 0 Å². The van der Waals surface area contributed by atoms with Gasteiger partial charge in [-0.25, -0.2) is 0 Å². The molecular formula is C23H25NO4. The Morgan fingerprint density at radius 2 is 2.00 bits per heavy atom. The maximum atomic E-state index is 12.8. The van der Waals surface area contributed by atoms with E-state index in [1.807, 2.05) is 24.3 Å². The van der Waals surface area contributed by atoms with Crippen molar-refractivity contribution in [3.63, 3.8) is 0 Å². The molecule has 1 fully saturated rings. The number of phenolic OH excluding ortho intramolecular Hbond substituents is 1. The standard InChI is InChI=1S/C23H25NO4/c1-15-5-3-4-12-24(15)14-19-20(25)11-10-18-22(26)21(28-23(18)19)13-16-6-8-17(27-2)9-7-16/h6-11,13,15,25H,3-5,12,14H2,1-2H3/b21-13-. The molecular weight excluding hydrogens is 354 g/mol. The molecule has 1 N–H and O–H groups in total. The van der Waals surface area contributed by atoms with Crippen molar-refractivity contribution < 1.29 is 19.4 Å². The smallest absolute Gasteiger partial charge is 0.231 e. The molecule has 0 amide bonds. The molecule has 28 heavy (non-hydrogen) atoms. The first-order chi connectivity index (χ1) is 13.6. The van der Waals surface area contributed by atoms with Crippen LogP contribution in [0.15, 0.2) is 42.2 Å². The first kappa shape index (κ1) is 18.6. The van der Waals surface area contributed by atoms with Crippen LogP contribution in [0.4, 0.5) is 0 Å². The third-order valence-corrected chi connectivity index (χ3v) is 5.63. The number of ether oxygens (including phenoxy) is 2. The van der Waals surface area contributed by atoms with Crippen LogP contribution in [0.1, 0.15) is 47.7 Å². The number of fused-ring (bicyclic) bond motifs is 1. The Morgan fingerprint density at radius 3 is 2.71 bits per heavy atom. The second-order valence-electron chi connectivity index (χ2n) is 7.47.